The van der Waals surface area contributed by atoms with Crippen molar-refractivity contribution in [3.05, 3.63) is 89.7 Å². The number of nitrogens with zero attached hydrogens (tertiary/aromatic N) is 2. The van der Waals surface area contributed by atoms with E-state index >= 15 is 0 Å². The zero-order chi connectivity index (χ0) is 20.8. The van der Waals surface area contributed by atoms with Gasteiger partial charge in [-0.15, -0.1) is 0 Å². The van der Waals surface area contributed by atoms with Crippen molar-refractivity contribution >= 4 is 29.0 Å². The number of carbonyl (C=O) groups is 3. The van der Waals surface area contributed by atoms with Gasteiger partial charge in [-0.3, -0.25) is 14.4 Å². The standard InChI is InChI=1S/C23H21N3O3/c1-3-26(19-11-5-4-6-12-19)23(29)21-14-8-13-20(25-21)22(28)24-18-10-7-9-17(15-18)16(2)27/h4-15H,3H2,1-2H3,(H,24,28). The molecule has 0 radical (unpaired) electrons. The van der Waals surface area contributed by atoms with Crippen molar-refractivity contribution in [2.75, 3.05) is 16.8 Å². The van der Waals surface area contributed by atoms with Crippen LogP contribution in [0.25, 0.3) is 0 Å². The monoisotopic (exact) mass is 387 g/mol. The molecule has 0 unspecified atom stereocenters. The minimum Gasteiger partial charge on any atom is -0.321 e. The minimum absolute atomic E-state index is 0.0904. The zero-order valence-corrected chi connectivity index (χ0v) is 16.3. The molecule has 6 heteroatoms. The highest BCUT2D eigenvalue weighted by atomic mass is 16.2. The first-order valence-corrected chi connectivity index (χ1v) is 9.26. The third-order valence-electron chi connectivity index (χ3n) is 4.36. The SMILES string of the molecule is CCN(C(=O)c1cccc(C(=O)Nc2cccc(C(C)=O)c2)n1)c1ccccc1. The van der Waals surface area contributed by atoms with E-state index in [9.17, 15) is 14.4 Å². The normalized spacial score (nSPS) is 10.3. The Morgan fingerprint density at radius 1 is 0.897 bits per heavy atom. The Labute approximate surface area is 169 Å². The number of rotatable bonds is 6. The fraction of sp³-hybridized carbons (Fsp3) is 0.130. The first kappa shape index (κ1) is 19.9. The highest BCUT2D eigenvalue weighted by Gasteiger charge is 2.19. The Hall–Kier alpha value is -3.80. The van der Waals surface area contributed by atoms with E-state index < -0.39 is 5.91 Å². The first-order chi connectivity index (χ1) is 14.0. The Morgan fingerprint density at radius 3 is 2.28 bits per heavy atom. The average molecular weight is 387 g/mol. The number of hydrogen-bond donors (Lipinski definition) is 1. The van der Waals surface area contributed by atoms with Gasteiger partial charge in [0.05, 0.1) is 0 Å². The summed E-state index contributed by atoms with van der Waals surface area (Å²) in [6.07, 6.45) is 0. The predicted octanol–water partition coefficient (Wildman–Crippen LogP) is 4.20. The lowest BCUT2D eigenvalue weighted by molar-refractivity contribution is 0.0980. The van der Waals surface area contributed by atoms with Crippen LogP contribution in [0.1, 0.15) is 45.2 Å². The molecule has 1 aromatic heterocycles. The van der Waals surface area contributed by atoms with Crippen molar-refractivity contribution in [3.8, 4) is 0 Å². The van der Waals surface area contributed by atoms with Gasteiger partial charge in [-0.2, -0.15) is 0 Å². The van der Waals surface area contributed by atoms with Gasteiger partial charge in [0.15, 0.2) is 5.78 Å². The Morgan fingerprint density at radius 2 is 1.59 bits per heavy atom. The Balaban J connectivity index is 1.81. The molecular weight excluding hydrogens is 366 g/mol. The molecule has 1 heterocycles. The van der Waals surface area contributed by atoms with Crippen LogP contribution in [0.2, 0.25) is 0 Å². The van der Waals surface area contributed by atoms with Crippen molar-refractivity contribution in [2.24, 2.45) is 0 Å². The molecular formula is C23H21N3O3. The van der Waals surface area contributed by atoms with E-state index in [1.807, 2.05) is 37.3 Å². The number of Topliss-reactive ketones (excluding diaryl/α,β-unsaturated/α-hetero) is 1. The molecule has 1 N–H and O–H groups in total. The lowest BCUT2D eigenvalue weighted by Crippen LogP contribution is -2.31. The molecule has 0 saturated heterocycles. The molecule has 0 spiro atoms. The van der Waals surface area contributed by atoms with Gasteiger partial charge >= 0.3 is 0 Å². The topological polar surface area (TPSA) is 79.4 Å². The van der Waals surface area contributed by atoms with Gasteiger partial charge in [0.2, 0.25) is 0 Å². The number of anilines is 2. The molecule has 2 amide bonds. The maximum Gasteiger partial charge on any atom is 0.276 e. The highest BCUT2D eigenvalue weighted by Crippen LogP contribution is 2.17. The fourth-order valence-corrected chi connectivity index (χ4v) is 2.88. The van der Waals surface area contributed by atoms with E-state index in [2.05, 4.69) is 10.3 Å². The van der Waals surface area contributed by atoms with Crippen LogP contribution >= 0.6 is 0 Å². The number of amides is 2. The predicted molar refractivity (Wildman–Crippen MR) is 112 cm³/mol. The van der Waals surface area contributed by atoms with Crippen molar-refractivity contribution in [1.29, 1.82) is 0 Å². The van der Waals surface area contributed by atoms with E-state index in [0.717, 1.165) is 5.69 Å². The second kappa shape index (κ2) is 8.93. The molecule has 0 fully saturated rings. The summed E-state index contributed by atoms with van der Waals surface area (Å²) in [6, 6.07) is 20.7. The molecule has 3 aromatic rings. The second-order valence-corrected chi connectivity index (χ2v) is 6.38. The van der Waals surface area contributed by atoms with E-state index in [4.69, 9.17) is 0 Å². The second-order valence-electron chi connectivity index (χ2n) is 6.38. The molecule has 0 saturated carbocycles. The maximum atomic E-state index is 12.9. The quantitative estimate of drug-likeness (QED) is 0.643. The number of aromatic nitrogens is 1. The van der Waals surface area contributed by atoms with Crippen LogP contribution in [0.15, 0.2) is 72.8 Å². The van der Waals surface area contributed by atoms with Crippen LogP contribution in [0.3, 0.4) is 0 Å². The van der Waals surface area contributed by atoms with Crippen molar-refractivity contribution in [1.82, 2.24) is 4.98 Å². The number of pyridine rings is 1. The van der Waals surface area contributed by atoms with Gasteiger partial charge in [-0.05, 0) is 50.2 Å². The molecule has 0 aliphatic rings. The average Bonchev–Trinajstić information content (AvgIpc) is 2.75. The minimum atomic E-state index is -0.455. The summed E-state index contributed by atoms with van der Waals surface area (Å²) in [6.45, 7) is 3.81. The van der Waals surface area contributed by atoms with Gasteiger partial charge in [0.1, 0.15) is 11.4 Å². The molecule has 29 heavy (non-hydrogen) atoms. The largest absolute Gasteiger partial charge is 0.321 e. The third-order valence-corrected chi connectivity index (χ3v) is 4.36. The summed E-state index contributed by atoms with van der Waals surface area (Å²) >= 11 is 0. The summed E-state index contributed by atoms with van der Waals surface area (Å²) in [7, 11) is 0. The Bertz CT molecular complexity index is 1050. The summed E-state index contributed by atoms with van der Waals surface area (Å²) in [5.74, 6) is -0.831. The molecule has 3 rings (SSSR count). The van der Waals surface area contributed by atoms with Gasteiger partial charge in [0.25, 0.3) is 11.8 Å². The first-order valence-electron chi connectivity index (χ1n) is 9.26. The maximum absolute atomic E-state index is 12.9. The highest BCUT2D eigenvalue weighted by molar-refractivity contribution is 6.07. The van der Waals surface area contributed by atoms with Crippen LogP contribution in [0.4, 0.5) is 11.4 Å². The van der Waals surface area contributed by atoms with Crippen LogP contribution in [0, 0.1) is 0 Å². The number of nitrogens with one attached hydrogen (secondary N) is 1. The van der Waals surface area contributed by atoms with Crippen molar-refractivity contribution in [2.45, 2.75) is 13.8 Å². The third kappa shape index (κ3) is 4.73. The fourth-order valence-electron chi connectivity index (χ4n) is 2.88. The van der Waals surface area contributed by atoms with Gasteiger partial charge in [-0.1, -0.05) is 36.4 Å². The molecule has 0 aliphatic heterocycles. The van der Waals surface area contributed by atoms with Crippen LogP contribution in [-0.4, -0.2) is 29.1 Å². The summed E-state index contributed by atoms with van der Waals surface area (Å²) in [4.78, 5) is 42.9. The number of benzene rings is 2. The molecule has 146 valence electrons. The number of ketones is 1. The molecule has 6 nitrogen and oxygen atoms in total. The van der Waals surface area contributed by atoms with Gasteiger partial charge in [-0.25, -0.2) is 4.98 Å². The number of para-hydroxylation sites is 1. The lowest BCUT2D eigenvalue weighted by Gasteiger charge is -2.20. The zero-order valence-electron chi connectivity index (χ0n) is 16.3. The van der Waals surface area contributed by atoms with Gasteiger partial charge in [0, 0.05) is 23.5 Å². The summed E-state index contributed by atoms with van der Waals surface area (Å²) < 4.78 is 0. The van der Waals surface area contributed by atoms with Gasteiger partial charge < -0.3 is 10.2 Å². The van der Waals surface area contributed by atoms with E-state index in [1.54, 1.807) is 47.4 Å². The van der Waals surface area contributed by atoms with Crippen molar-refractivity contribution < 1.29 is 14.4 Å². The smallest absolute Gasteiger partial charge is 0.276 e. The van der Waals surface area contributed by atoms with Crippen molar-refractivity contribution in [3.63, 3.8) is 0 Å². The summed E-state index contributed by atoms with van der Waals surface area (Å²) in [5.41, 5.74) is 2.05. The lowest BCUT2D eigenvalue weighted by atomic mass is 10.1. The number of hydrogen-bond acceptors (Lipinski definition) is 4. The van der Waals surface area contributed by atoms with E-state index in [-0.39, 0.29) is 23.1 Å². The molecule has 0 bridgehead atoms. The van der Waals surface area contributed by atoms with E-state index in [0.29, 0.717) is 17.8 Å². The number of carbonyl (C=O) groups excluding carboxylic acids is 3. The van der Waals surface area contributed by atoms with Crippen LogP contribution in [0.5, 0.6) is 0 Å². The Kier molecular flexibility index (Phi) is 6.14. The summed E-state index contributed by atoms with van der Waals surface area (Å²) in [5, 5.41) is 2.72. The van der Waals surface area contributed by atoms with Crippen LogP contribution < -0.4 is 10.2 Å². The molecule has 0 atom stereocenters. The molecule has 2 aromatic carbocycles. The molecule has 0 aliphatic carbocycles. The van der Waals surface area contributed by atoms with Crippen LogP contribution in [-0.2, 0) is 0 Å². The van der Waals surface area contributed by atoms with E-state index in [1.165, 1.54) is 6.92 Å².